The predicted molar refractivity (Wildman–Crippen MR) is 349 cm³/mol. The fourth-order valence-electron chi connectivity index (χ4n) is 12.9. The van der Waals surface area contributed by atoms with Crippen LogP contribution in [0.4, 0.5) is 0 Å². The van der Waals surface area contributed by atoms with Crippen molar-refractivity contribution >= 4 is 55.0 Å². The van der Waals surface area contributed by atoms with Crippen molar-refractivity contribution in [3.8, 4) is 107 Å². The van der Waals surface area contributed by atoms with Crippen molar-refractivity contribution in [1.29, 1.82) is 0 Å². The number of rotatable bonds is 9. The van der Waals surface area contributed by atoms with Crippen LogP contribution < -0.4 is 0 Å². The number of halogens is 1. The molecule has 0 atom stereocenters. The molecule has 0 unspecified atom stereocenters. The zero-order valence-corrected chi connectivity index (χ0v) is 47.2. The van der Waals surface area contributed by atoms with Crippen molar-refractivity contribution in [2.45, 2.75) is 19.3 Å². The minimum Gasteiger partial charge on any atom is -0.277 e. The maximum atomic E-state index is 6.38. The molecule has 0 spiro atoms. The maximum absolute atomic E-state index is 6.38. The van der Waals surface area contributed by atoms with Crippen molar-refractivity contribution in [2.75, 3.05) is 0 Å². The predicted octanol–water partition coefficient (Wildman–Crippen LogP) is 19.8. The molecule has 400 valence electrons. The fourth-order valence-corrected chi connectivity index (χ4v) is 13.1. The zero-order valence-electron chi connectivity index (χ0n) is 46.4. The van der Waals surface area contributed by atoms with E-state index in [0.29, 0.717) is 29.2 Å². The van der Waals surface area contributed by atoms with E-state index in [9.17, 15) is 0 Å². The SMILES string of the molecule is CC1(C)c2ccccc2-c2cc(-c3cccc4c5c6ccccc6c6ccccc6c5n(-c5nc(-c6ccccc6)nc(-c6ccc(-c7cccc(-c8ccc(-c9ccc(-c%10nc(Cl)nc(-c%11ccccc%11)n%10)cc9)cc8)c7)cc6)n5)c34)ccc21. The molecule has 0 saturated heterocycles. The fraction of sp³-hybridized carbons (Fsp3) is 0.0390. The normalized spacial score (nSPS) is 12.5. The van der Waals surface area contributed by atoms with Gasteiger partial charge in [-0.25, -0.2) is 9.97 Å². The van der Waals surface area contributed by atoms with Gasteiger partial charge in [0, 0.05) is 49.4 Å². The van der Waals surface area contributed by atoms with E-state index in [0.717, 1.165) is 94.0 Å². The molecule has 1 aliphatic rings. The Hall–Kier alpha value is -10.7. The van der Waals surface area contributed by atoms with Crippen LogP contribution in [0, 0.1) is 0 Å². The summed E-state index contributed by atoms with van der Waals surface area (Å²) in [4.78, 5) is 29.9. The third-order valence-corrected chi connectivity index (χ3v) is 17.3. The van der Waals surface area contributed by atoms with Gasteiger partial charge in [-0.3, -0.25) is 4.57 Å². The Labute approximate surface area is 496 Å². The number of aromatic nitrogens is 7. The van der Waals surface area contributed by atoms with Gasteiger partial charge in [-0.1, -0.05) is 269 Å². The van der Waals surface area contributed by atoms with E-state index in [2.05, 4.69) is 235 Å². The molecule has 0 saturated carbocycles. The molecule has 3 heterocycles. The summed E-state index contributed by atoms with van der Waals surface area (Å²) in [5.41, 5.74) is 19.6. The van der Waals surface area contributed by atoms with E-state index in [4.69, 9.17) is 31.5 Å². The standard InChI is InChI=1S/C77H50ClN7/c1-77(2)66-30-14-13-25-61(66)65-46-57(43-44-67(65)77)58-28-16-29-64-68-62-26-11-9-23-59(62)60-24-10-12-27-63(60)70(68)85(69(58)64)76-83-73(52-19-7-4-8-20-52)80-74(84-76)54-41-37-50(38-42-54)56-22-15-21-55(45-56)49-33-31-47(32-34-49)48-35-39-53(40-36-48)72-79-71(81-75(78)82-72)51-17-5-3-6-18-51/h3-46H,1-2H3. The van der Waals surface area contributed by atoms with Crippen LogP contribution >= 0.6 is 11.6 Å². The van der Waals surface area contributed by atoms with Gasteiger partial charge < -0.3 is 0 Å². The van der Waals surface area contributed by atoms with Crippen LogP contribution in [0.1, 0.15) is 25.0 Å². The molecule has 0 N–H and O–H groups in total. The van der Waals surface area contributed by atoms with Gasteiger partial charge in [0.1, 0.15) is 0 Å². The lowest BCUT2D eigenvalue weighted by Gasteiger charge is -2.21. The average molecular weight is 1110 g/mol. The van der Waals surface area contributed by atoms with Crippen LogP contribution in [-0.4, -0.2) is 34.5 Å². The molecule has 0 aliphatic heterocycles. The van der Waals surface area contributed by atoms with Gasteiger partial charge >= 0.3 is 0 Å². The number of nitrogens with zero attached hydrogens (tertiary/aromatic N) is 7. The molecule has 3 aromatic heterocycles. The number of hydrogen-bond acceptors (Lipinski definition) is 6. The molecule has 0 fully saturated rings. The van der Waals surface area contributed by atoms with Crippen LogP contribution in [-0.2, 0) is 5.41 Å². The molecule has 85 heavy (non-hydrogen) atoms. The van der Waals surface area contributed by atoms with Crippen molar-refractivity contribution in [1.82, 2.24) is 34.5 Å². The molecule has 0 bridgehead atoms. The van der Waals surface area contributed by atoms with E-state index >= 15 is 0 Å². The van der Waals surface area contributed by atoms with Gasteiger partial charge in [-0.2, -0.15) is 19.9 Å². The first kappa shape index (κ1) is 50.0. The minimum atomic E-state index is -0.116. The molecule has 8 heteroatoms. The highest BCUT2D eigenvalue weighted by Crippen LogP contribution is 2.51. The Morgan fingerprint density at radius 3 is 1.27 bits per heavy atom. The second-order valence-electron chi connectivity index (χ2n) is 22.4. The number of fused-ring (bicyclic) bond motifs is 11. The molecule has 7 nitrogen and oxygen atoms in total. The second kappa shape index (κ2) is 20.0. The third kappa shape index (κ3) is 8.50. The Bertz CT molecular complexity index is 5130. The van der Waals surface area contributed by atoms with Gasteiger partial charge in [0.2, 0.25) is 11.2 Å². The van der Waals surface area contributed by atoms with E-state index in [-0.39, 0.29) is 10.7 Å². The first-order valence-corrected chi connectivity index (χ1v) is 29.0. The first-order valence-electron chi connectivity index (χ1n) is 28.6. The third-order valence-electron chi connectivity index (χ3n) is 17.1. The van der Waals surface area contributed by atoms with Gasteiger partial charge in [0.15, 0.2) is 23.3 Å². The molecule has 15 aromatic rings. The van der Waals surface area contributed by atoms with Gasteiger partial charge in [-0.15, -0.1) is 0 Å². The van der Waals surface area contributed by atoms with Crippen LogP contribution in [0.3, 0.4) is 0 Å². The molecular formula is C77H50ClN7. The molecule has 0 radical (unpaired) electrons. The molecular weight excluding hydrogens is 1060 g/mol. The van der Waals surface area contributed by atoms with Crippen LogP contribution in [0.2, 0.25) is 5.28 Å². The Balaban J connectivity index is 0.781. The van der Waals surface area contributed by atoms with E-state index in [1.54, 1.807) is 0 Å². The lowest BCUT2D eigenvalue weighted by Crippen LogP contribution is -2.14. The van der Waals surface area contributed by atoms with Crippen LogP contribution in [0.25, 0.3) is 150 Å². The number of hydrogen-bond donors (Lipinski definition) is 0. The Morgan fingerprint density at radius 1 is 0.282 bits per heavy atom. The quantitative estimate of drug-likeness (QED) is 0.134. The van der Waals surface area contributed by atoms with Gasteiger partial charge in [0.05, 0.1) is 11.0 Å². The first-order chi connectivity index (χ1) is 41.8. The van der Waals surface area contributed by atoms with E-state index < -0.39 is 0 Å². The summed E-state index contributed by atoms with van der Waals surface area (Å²) in [5, 5.41) is 7.14. The Kier molecular flexibility index (Phi) is 11.8. The number of benzene rings is 12. The van der Waals surface area contributed by atoms with Gasteiger partial charge in [0.25, 0.3) is 0 Å². The van der Waals surface area contributed by atoms with E-state index in [1.165, 1.54) is 38.4 Å². The smallest absolute Gasteiger partial charge is 0.238 e. The second-order valence-corrected chi connectivity index (χ2v) is 22.7. The monoisotopic (exact) mass is 1110 g/mol. The van der Waals surface area contributed by atoms with Crippen molar-refractivity contribution in [3.63, 3.8) is 0 Å². The highest BCUT2D eigenvalue weighted by Gasteiger charge is 2.35. The molecule has 0 amide bonds. The lowest BCUT2D eigenvalue weighted by atomic mass is 9.82. The van der Waals surface area contributed by atoms with Crippen molar-refractivity contribution in [2.24, 2.45) is 0 Å². The van der Waals surface area contributed by atoms with Crippen molar-refractivity contribution in [3.05, 3.63) is 283 Å². The summed E-state index contributed by atoms with van der Waals surface area (Å²) in [6.45, 7) is 4.67. The maximum Gasteiger partial charge on any atom is 0.238 e. The summed E-state index contributed by atoms with van der Waals surface area (Å²) in [7, 11) is 0. The lowest BCUT2D eigenvalue weighted by molar-refractivity contribution is 0.660. The minimum absolute atomic E-state index is 0.116. The summed E-state index contributed by atoms with van der Waals surface area (Å²) in [5.74, 6) is 2.80. The zero-order chi connectivity index (χ0) is 56.8. The summed E-state index contributed by atoms with van der Waals surface area (Å²) in [6, 6.07) is 94.5. The molecule has 12 aromatic carbocycles. The van der Waals surface area contributed by atoms with Gasteiger partial charge in [-0.05, 0) is 101 Å². The highest BCUT2D eigenvalue weighted by molar-refractivity contribution is 6.33. The topological polar surface area (TPSA) is 82.3 Å². The molecule has 16 rings (SSSR count). The number of para-hydroxylation sites is 1. The van der Waals surface area contributed by atoms with E-state index in [1.807, 2.05) is 60.7 Å². The van der Waals surface area contributed by atoms with Crippen LogP contribution in [0.15, 0.2) is 267 Å². The highest BCUT2D eigenvalue weighted by atomic mass is 35.5. The Morgan fingerprint density at radius 2 is 0.682 bits per heavy atom. The largest absolute Gasteiger partial charge is 0.277 e. The summed E-state index contributed by atoms with van der Waals surface area (Å²) >= 11 is 6.38. The van der Waals surface area contributed by atoms with Crippen LogP contribution in [0.5, 0.6) is 0 Å². The summed E-state index contributed by atoms with van der Waals surface area (Å²) < 4.78 is 2.33. The molecule has 1 aliphatic carbocycles. The summed E-state index contributed by atoms with van der Waals surface area (Å²) in [6.07, 6.45) is 0. The average Bonchev–Trinajstić information content (AvgIpc) is 1.79. The van der Waals surface area contributed by atoms with Crippen molar-refractivity contribution < 1.29 is 0 Å².